The number of nitrogens with zero attached hydrogens (tertiary/aromatic N) is 2. The van der Waals surface area contributed by atoms with Crippen LogP contribution in [-0.4, -0.2) is 24.9 Å². The summed E-state index contributed by atoms with van der Waals surface area (Å²) in [5, 5.41) is 7.64. The van der Waals surface area contributed by atoms with Crippen molar-refractivity contribution in [2.24, 2.45) is 0 Å². The van der Waals surface area contributed by atoms with Crippen molar-refractivity contribution in [3.05, 3.63) is 36.0 Å². The Morgan fingerprint density at radius 3 is 2.32 bits per heavy atom. The highest BCUT2D eigenvalue weighted by Crippen LogP contribution is 2.16. The maximum atomic E-state index is 11.3. The smallest absolute Gasteiger partial charge is 0.253 e. The molecular weight excluding hydrogens is 268 g/mol. The lowest BCUT2D eigenvalue weighted by Crippen LogP contribution is -1.98. The zero-order chi connectivity index (χ0) is 13.9. The second-order valence-electron chi connectivity index (χ2n) is 3.98. The average Bonchev–Trinajstić information content (AvgIpc) is 2.84. The van der Waals surface area contributed by atoms with Gasteiger partial charge in [-0.15, -0.1) is 10.2 Å². The van der Waals surface area contributed by atoms with Crippen LogP contribution in [-0.2, 0) is 22.9 Å². The van der Waals surface area contributed by atoms with Gasteiger partial charge in [-0.1, -0.05) is 6.92 Å². The molecule has 0 amide bonds. The lowest BCUT2D eigenvalue weighted by atomic mass is 10.3. The van der Waals surface area contributed by atoms with Gasteiger partial charge in [0.1, 0.15) is 5.75 Å². The van der Waals surface area contributed by atoms with Crippen LogP contribution in [0.3, 0.4) is 0 Å². The van der Waals surface area contributed by atoms with Gasteiger partial charge in [0.2, 0.25) is 5.89 Å². The molecule has 0 saturated carbocycles. The van der Waals surface area contributed by atoms with Crippen molar-refractivity contribution < 1.29 is 17.6 Å². The highest BCUT2D eigenvalue weighted by molar-refractivity contribution is 7.90. The van der Waals surface area contributed by atoms with Gasteiger partial charge in [0, 0.05) is 12.7 Å². The number of benzene rings is 1. The van der Waals surface area contributed by atoms with Crippen molar-refractivity contribution in [2.75, 3.05) is 6.26 Å². The number of sulfone groups is 1. The van der Waals surface area contributed by atoms with Gasteiger partial charge >= 0.3 is 0 Å². The molecule has 2 rings (SSSR count). The minimum Gasteiger partial charge on any atom is -0.484 e. The van der Waals surface area contributed by atoms with Crippen molar-refractivity contribution in [3.8, 4) is 5.75 Å². The quantitative estimate of drug-likeness (QED) is 0.828. The fourth-order valence-electron chi connectivity index (χ4n) is 1.42. The second-order valence-corrected chi connectivity index (χ2v) is 5.99. The van der Waals surface area contributed by atoms with Gasteiger partial charge in [-0.2, -0.15) is 0 Å². The maximum absolute atomic E-state index is 11.3. The molecule has 0 atom stereocenters. The Labute approximate surface area is 111 Å². The Balaban J connectivity index is 2.00. The topological polar surface area (TPSA) is 82.3 Å². The third-order valence-corrected chi connectivity index (χ3v) is 3.55. The number of ether oxygens (including phenoxy) is 1. The molecule has 0 spiro atoms. The predicted octanol–water partition coefficient (Wildman–Crippen LogP) is 1.61. The van der Waals surface area contributed by atoms with E-state index in [4.69, 9.17) is 9.15 Å². The molecule has 19 heavy (non-hydrogen) atoms. The summed E-state index contributed by atoms with van der Waals surface area (Å²) in [6.45, 7) is 2.08. The van der Waals surface area contributed by atoms with E-state index in [1.54, 1.807) is 12.1 Å². The molecule has 7 heteroatoms. The highest BCUT2D eigenvalue weighted by Gasteiger charge is 2.08. The Morgan fingerprint density at radius 1 is 1.16 bits per heavy atom. The van der Waals surface area contributed by atoms with Crippen LogP contribution in [0.1, 0.15) is 18.7 Å². The first-order valence-electron chi connectivity index (χ1n) is 5.73. The Morgan fingerprint density at radius 2 is 1.79 bits per heavy atom. The van der Waals surface area contributed by atoms with E-state index in [0.29, 0.717) is 24.0 Å². The molecule has 0 bridgehead atoms. The van der Waals surface area contributed by atoms with Crippen LogP contribution in [0.2, 0.25) is 0 Å². The van der Waals surface area contributed by atoms with Crippen molar-refractivity contribution in [1.82, 2.24) is 10.2 Å². The zero-order valence-corrected chi connectivity index (χ0v) is 11.5. The molecule has 0 radical (unpaired) electrons. The van der Waals surface area contributed by atoms with Crippen LogP contribution in [0, 0.1) is 0 Å². The van der Waals surface area contributed by atoms with Gasteiger partial charge in [-0.3, -0.25) is 0 Å². The minimum absolute atomic E-state index is 0.158. The van der Waals surface area contributed by atoms with E-state index in [0.717, 1.165) is 6.26 Å². The van der Waals surface area contributed by atoms with Crippen molar-refractivity contribution in [1.29, 1.82) is 0 Å². The summed E-state index contributed by atoms with van der Waals surface area (Å²) in [5.74, 6) is 1.50. The normalized spacial score (nSPS) is 11.5. The van der Waals surface area contributed by atoms with E-state index in [1.807, 2.05) is 6.92 Å². The second kappa shape index (κ2) is 5.40. The molecule has 0 saturated heterocycles. The molecule has 1 aromatic heterocycles. The number of aryl methyl sites for hydroxylation is 1. The molecule has 0 aliphatic heterocycles. The van der Waals surface area contributed by atoms with E-state index in [9.17, 15) is 8.42 Å². The van der Waals surface area contributed by atoms with Gasteiger partial charge in [0.05, 0.1) is 4.90 Å². The summed E-state index contributed by atoms with van der Waals surface area (Å²) in [5.41, 5.74) is 0. The molecule has 1 heterocycles. The lowest BCUT2D eigenvalue weighted by molar-refractivity contribution is 0.259. The molecule has 0 aliphatic carbocycles. The molecule has 6 nitrogen and oxygen atoms in total. The highest BCUT2D eigenvalue weighted by atomic mass is 32.2. The molecule has 1 aromatic carbocycles. The fourth-order valence-corrected chi connectivity index (χ4v) is 2.05. The molecule has 0 unspecified atom stereocenters. The van der Waals surface area contributed by atoms with Gasteiger partial charge in [0.25, 0.3) is 5.89 Å². The number of aromatic nitrogens is 2. The summed E-state index contributed by atoms with van der Waals surface area (Å²) in [6, 6.07) is 6.17. The lowest BCUT2D eigenvalue weighted by Gasteiger charge is -2.04. The third kappa shape index (κ3) is 3.54. The van der Waals surface area contributed by atoms with Gasteiger partial charge in [-0.05, 0) is 24.3 Å². The summed E-state index contributed by atoms with van der Waals surface area (Å²) < 4.78 is 33.3. The molecule has 2 aromatic rings. The van der Waals surface area contributed by atoms with E-state index in [2.05, 4.69) is 10.2 Å². The Kier molecular flexibility index (Phi) is 3.84. The first-order chi connectivity index (χ1) is 8.99. The maximum Gasteiger partial charge on any atom is 0.253 e. The number of hydrogen-bond donors (Lipinski definition) is 0. The van der Waals surface area contributed by atoms with E-state index < -0.39 is 9.84 Å². The summed E-state index contributed by atoms with van der Waals surface area (Å²) in [7, 11) is -3.18. The molecule has 0 fully saturated rings. The van der Waals surface area contributed by atoms with Crippen LogP contribution in [0.5, 0.6) is 5.75 Å². The molecular formula is C12H14N2O4S. The van der Waals surface area contributed by atoms with Crippen LogP contribution in [0.4, 0.5) is 0 Å². The van der Waals surface area contributed by atoms with Gasteiger partial charge in [0.15, 0.2) is 16.4 Å². The SMILES string of the molecule is CCc1nnc(COc2ccc(S(C)(=O)=O)cc2)o1. The summed E-state index contributed by atoms with van der Waals surface area (Å²) in [6.07, 6.45) is 1.84. The summed E-state index contributed by atoms with van der Waals surface area (Å²) >= 11 is 0. The van der Waals surface area contributed by atoms with Gasteiger partial charge in [-0.25, -0.2) is 8.42 Å². The third-order valence-electron chi connectivity index (χ3n) is 2.43. The van der Waals surface area contributed by atoms with Crippen molar-refractivity contribution in [3.63, 3.8) is 0 Å². The van der Waals surface area contributed by atoms with E-state index in [-0.39, 0.29) is 11.5 Å². The van der Waals surface area contributed by atoms with E-state index in [1.165, 1.54) is 12.1 Å². The standard InChI is InChI=1S/C12H14N2O4S/c1-3-11-13-14-12(18-11)8-17-9-4-6-10(7-5-9)19(2,15)16/h4-7H,3,8H2,1-2H3. The zero-order valence-electron chi connectivity index (χ0n) is 10.7. The first kappa shape index (κ1) is 13.5. The number of hydrogen-bond acceptors (Lipinski definition) is 6. The molecule has 102 valence electrons. The van der Waals surface area contributed by atoms with Crippen LogP contribution in [0.25, 0.3) is 0 Å². The van der Waals surface area contributed by atoms with Gasteiger partial charge < -0.3 is 9.15 Å². The molecule has 0 N–H and O–H groups in total. The van der Waals surface area contributed by atoms with Crippen LogP contribution in [0.15, 0.2) is 33.6 Å². The van der Waals surface area contributed by atoms with Crippen molar-refractivity contribution in [2.45, 2.75) is 24.8 Å². The van der Waals surface area contributed by atoms with Crippen LogP contribution < -0.4 is 4.74 Å². The largest absolute Gasteiger partial charge is 0.484 e. The average molecular weight is 282 g/mol. The Bertz CT molecular complexity index is 647. The first-order valence-corrected chi connectivity index (χ1v) is 7.62. The van der Waals surface area contributed by atoms with E-state index >= 15 is 0 Å². The van der Waals surface area contributed by atoms with Crippen LogP contribution >= 0.6 is 0 Å². The van der Waals surface area contributed by atoms with Crippen molar-refractivity contribution >= 4 is 9.84 Å². The summed E-state index contributed by atoms with van der Waals surface area (Å²) in [4.78, 5) is 0.255. The fraction of sp³-hybridized carbons (Fsp3) is 0.333. The predicted molar refractivity (Wildman–Crippen MR) is 67.6 cm³/mol. The number of rotatable bonds is 5. The monoisotopic (exact) mass is 282 g/mol. The minimum atomic E-state index is -3.18. The Hall–Kier alpha value is -1.89. The molecule has 0 aliphatic rings.